The molecule has 0 saturated carbocycles. The number of hydrogen-bond donors (Lipinski definition) is 1. The van der Waals surface area contributed by atoms with Gasteiger partial charge in [0.2, 0.25) is 0 Å². The Labute approximate surface area is 87.3 Å². The Bertz CT molecular complexity index is 518. The van der Waals surface area contributed by atoms with Crippen molar-refractivity contribution in [3.8, 4) is 6.07 Å². The molecule has 6 nitrogen and oxygen atoms in total. The normalized spacial score (nSPS) is 10.1. The number of hydrogen-bond acceptors (Lipinski definition) is 4. The van der Waals surface area contributed by atoms with E-state index in [2.05, 4.69) is 0 Å². The van der Waals surface area contributed by atoms with E-state index >= 15 is 0 Å². The van der Waals surface area contributed by atoms with Crippen molar-refractivity contribution in [2.75, 3.05) is 0 Å². The molecular formula is C8H5F2N3O3. The van der Waals surface area contributed by atoms with Gasteiger partial charge in [0.15, 0.2) is 0 Å². The van der Waals surface area contributed by atoms with Crippen molar-refractivity contribution in [2.24, 2.45) is 0 Å². The first-order valence-electron chi connectivity index (χ1n) is 4.03. The minimum atomic E-state index is -3.16. The lowest BCUT2D eigenvalue weighted by Gasteiger charge is -2.04. The van der Waals surface area contributed by atoms with Gasteiger partial charge in [0, 0.05) is 0 Å². The van der Waals surface area contributed by atoms with Crippen LogP contribution in [0.3, 0.4) is 0 Å². The highest BCUT2D eigenvalue weighted by atomic mass is 19.3. The molecule has 0 aliphatic rings. The number of nitro groups is 1. The number of nitrogens with one attached hydrogen (secondary N) is 1. The third-order valence-corrected chi connectivity index (χ3v) is 1.89. The van der Waals surface area contributed by atoms with Crippen LogP contribution in [-0.4, -0.2) is 9.91 Å². The second-order valence-corrected chi connectivity index (χ2v) is 2.79. The maximum Gasteiger partial charge on any atom is 0.290 e. The summed E-state index contributed by atoms with van der Waals surface area (Å²) in [6.07, 6.45) is -3.06. The molecule has 0 radical (unpaired) electrons. The Morgan fingerprint density at radius 3 is 2.69 bits per heavy atom. The summed E-state index contributed by atoms with van der Waals surface area (Å²) in [5.74, 6) is 0. The van der Waals surface area contributed by atoms with E-state index in [4.69, 9.17) is 5.26 Å². The second-order valence-electron chi connectivity index (χ2n) is 2.79. The van der Waals surface area contributed by atoms with Crippen LogP contribution < -0.4 is 5.56 Å². The molecule has 0 bridgehead atoms. The fourth-order valence-electron chi connectivity index (χ4n) is 1.23. The summed E-state index contributed by atoms with van der Waals surface area (Å²) >= 11 is 0. The predicted molar refractivity (Wildman–Crippen MR) is 48.0 cm³/mol. The molecule has 1 rings (SSSR count). The lowest BCUT2D eigenvalue weighted by molar-refractivity contribution is -0.386. The monoisotopic (exact) mass is 229 g/mol. The zero-order valence-electron chi connectivity index (χ0n) is 7.74. The van der Waals surface area contributed by atoms with Gasteiger partial charge in [-0.15, -0.1) is 0 Å². The first kappa shape index (κ1) is 11.8. The largest absolute Gasteiger partial charge is 0.322 e. The third kappa shape index (κ3) is 2.03. The number of H-pyrrole nitrogens is 1. The van der Waals surface area contributed by atoms with Crippen LogP contribution in [-0.2, 0) is 6.42 Å². The lowest BCUT2D eigenvalue weighted by Crippen LogP contribution is -2.17. The Balaban J connectivity index is 3.57. The van der Waals surface area contributed by atoms with Crippen molar-refractivity contribution in [1.29, 1.82) is 5.26 Å². The summed E-state index contributed by atoms with van der Waals surface area (Å²) in [6.45, 7) is 0. The van der Waals surface area contributed by atoms with Crippen LogP contribution in [0.5, 0.6) is 0 Å². The molecule has 0 saturated heterocycles. The van der Waals surface area contributed by atoms with E-state index in [-0.39, 0.29) is 0 Å². The summed E-state index contributed by atoms with van der Waals surface area (Å²) in [5, 5.41) is 18.9. The van der Waals surface area contributed by atoms with Crippen LogP contribution >= 0.6 is 0 Å². The van der Waals surface area contributed by atoms with Crippen LogP contribution in [0.4, 0.5) is 14.5 Å². The highest BCUT2D eigenvalue weighted by Crippen LogP contribution is 2.26. The smallest absolute Gasteiger partial charge is 0.290 e. The fraction of sp³-hybridized carbons (Fsp3) is 0.250. The summed E-state index contributed by atoms with van der Waals surface area (Å²) in [5.41, 5.74) is -3.36. The molecule has 0 aliphatic carbocycles. The van der Waals surface area contributed by atoms with Gasteiger partial charge in [-0.25, -0.2) is 8.78 Å². The van der Waals surface area contributed by atoms with Crippen LogP contribution in [0.25, 0.3) is 0 Å². The fourth-order valence-corrected chi connectivity index (χ4v) is 1.23. The van der Waals surface area contributed by atoms with Crippen molar-refractivity contribution in [2.45, 2.75) is 12.8 Å². The summed E-state index contributed by atoms with van der Waals surface area (Å²) in [6, 6.07) is 1.51. The molecule has 1 aromatic heterocycles. The van der Waals surface area contributed by atoms with Crippen molar-refractivity contribution in [3.63, 3.8) is 0 Å². The second kappa shape index (κ2) is 4.48. The molecule has 16 heavy (non-hydrogen) atoms. The first-order valence-corrected chi connectivity index (χ1v) is 4.03. The lowest BCUT2D eigenvalue weighted by atomic mass is 10.1. The molecule has 0 spiro atoms. The minimum absolute atomic E-state index is 0.536. The molecule has 0 aromatic carbocycles. The van der Waals surface area contributed by atoms with Gasteiger partial charge < -0.3 is 4.98 Å². The third-order valence-electron chi connectivity index (χ3n) is 1.89. The highest BCUT2D eigenvalue weighted by molar-refractivity contribution is 5.44. The minimum Gasteiger partial charge on any atom is -0.322 e. The maximum absolute atomic E-state index is 12.5. The Morgan fingerprint density at radius 2 is 2.25 bits per heavy atom. The number of alkyl halides is 2. The van der Waals surface area contributed by atoms with Crippen molar-refractivity contribution in [1.82, 2.24) is 4.98 Å². The van der Waals surface area contributed by atoms with Crippen LogP contribution in [0, 0.1) is 21.4 Å². The topological polar surface area (TPSA) is 99.8 Å². The van der Waals surface area contributed by atoms with Gasteiger partial charge in [-0.1, -0.05) is 0 Å². The van der Waals surface area contributed by atoms with E-state index in [0.717, 1.165) is 0 Å². The molecular weight excluding hydrogens is 224 g/mol. The highest BCUT2D eigenvalue weighted by Gasteiger charge is 2.25. The number of aromatic amines is 1. The Kier molecular flexibility index (Phi) is 3.30. The molecule has 0 unspecified atom stereocenters. The quantitative estimate of drug-likeness (QED) is 0.623. The summed E-state index contributed by atoms with van der Waals surface area (Å²) in [7, 11) is 0. The number of nitrogens with zero attached hydrogens (tertiary/aromatic N) is 2. The van der Waals surface area contributed by atoms with Crippen LogP contribution in [0.1, 0.15) is 17.6 Å². The average molecular weight is 229 g/mol. The zero-order chi connectivity index (χ0) is 12.3. The molecule has 0 fully saturated rings. The first-order chi connectivity index (χ1) is 7.49. The van der Waals surface area contributed by atoms with E-state index < -0.39 is 40.1 Å². The number of pyridine rings is 1. The van der Waals surface area contributed by atoms with Crippen LogP contribution in [0.2, 0.25) is 0 Å². The van der Waals surface area contributed by atoms with E-state index in [1.165, 1.54) is 6.07 Å². The van der Waals surface area contributed by atoms with Crippen LogP contribution in [0.15, 0.2) is 11.0 Å². The number of rotatable bonds is 3. The van der Waals surface area contributed by atoms with Gasteiger partial charge >= 0.3 is 0 Å². The standard InChI is InChI=1S/C8H5F2N3O3/c9-7(10)6-4(1-2-11)5(13(15)16)3-12-8(6)14/h3,7H,1H2,(H,12,14). The van der Waals surface area contributed by atoms with E-state index in [0.29, 0.717) is 6.20 Å². The molecule has 0 aliphatic heterocycles. The Hall–Kier alpha value is -2.30. The van der Waals surface area contributed by atoms with E-state index in [1.54, 1.807) is 0 Å². The molecule has 0 atom stereocenters. The Morgan fingerprint density at radius 1 is 1.62 bits per heavy atom. The van der Waals surface area contributed by atoms with Gasteiger partial charge in [0.05, 0.1) is 34.7 Å². The number of aromatic nitrogens is 1. The van der Waals surface area contributed by atoms with Crippen molar-refractivity contribution in [3.05, 3.63) is 37.8 Å². The zero-order valence-corrected chi connectivity index (χ0v) is 7.74. The number of halogens is 2. The summed E-state index contributed by atoms with van der Waals surface area (Å²) < 4.78 is 25.0. The molecule has 1 heterocycles. The molecule has 1 N–H and O–H groups in total. The SMILES string of the molecule is N#CCc1c([N+](=O)[O-])c[nH]c(=O)c1C(F)F. The molecule has 8 heteroatoms. The van der Waals surface area contributed by atoms with Gasteiger partial charge in [0.1, 0.15) is 0 Å². The number of nitriles is 1. The van der Waals surface area contributed by atoms with E-state index in [9.17, 15) is 23.7 Å². The maximum atomic E-state index is 12.5. The van der Waals surface area contributed by atoms with Gasteiger partial charge in [0.25, 0.3) is 17.7 Å². The molecule has 84 valence electrons. The van der Waals surface area contributed by atoms with Gasteiger partial charge in [-0.05, 0) is 0 Å². The van der Waals surface area contributed by atoms with Crippen molar-refractivity contribution >= 4 is 5.69 Å². The summed E-state index contributed by atoms with van der Waals surface area (Å²) in [4.78, 5) is 22.5. The molecule has 1 aromatic rings. The average Bonchev–Trinajstić information content (AvgIpc) is 2.17. The van der Waals surface area contributed by atoms with Crippen molar-refractivity contribution < 1.29 is 13.7 Å². The van der Waals surface area contributed by atoms with Gasteiger partial charge in [-0.3, -0.25) is 14.9 Å². The molecule has 0 amide bonds. The van der Waals surface area contributed by atoms with E-state index in [1.807, 2.05) is 4.98 Å². The predicted octanol–water partition coefficient (Wildman–Crippen LogP) is 1.29. The van der Waals surface area contributed by atoms with Gasteiger partial charge in [-0.2, -0.15) is 5.26 Å².